The van der Waals surface area contributed by atoms with E-state index >= 15 is 0 Å². The highest BCUT2D eigenvalue weighted by atomic mass is 32.2. The van der Waals surface area contributed by atoms with Crippen molar-refractivity contribution in [1.29, 1.82) is 0 Å². The molecule has 1 aromatic rings. The van der Waals surface area contributed by atoms with Crippen LogP contribution in [0, 0.1) is 0 Å². The number of carbonyl (C=O) groups is 1. The lowest BCUT2D eigenvalue weighted by Crippen LogP contribution is -2.27. The molecule has 2 rings (SSSR count). The van der Waals surface area contributed by atoms with Gasteiger partial charge in [0.1, 0.15) is 4.32 Å². The molecule has 0 aromatic heterocycles. The summed E-state index contributed by atoms with van der Waals surface area (Å²) in [4.78, 5) is 14.4. The van der Waals surface area contributed by atoms with Gasteiger partial charge in [0.15, 0.2) is 11.5 Å². The molecule has 0 unspecified atom stereocenters. The molecule has 1 aliphatic rings. The van der Waals surface area contributed by atoms with Crippen molar-refractivity contribution in [2.45, 2.75) is 6.92 Å². The van der Waals surface area contributed by atoms with Crippen LogP contribution in [0.4, 0.5) is 0 Å². The third kappa shape index (κ3) is 2.91. The van der Waals surface area contributed by atoms with Gasteiger partial charge >= 0.3 is 0 Å². The molecule has 5 nitrogen and oxygen atoms in total. The zero-order chi connectivity index (χ0) is 16.3. The third-order valence-corrected chi connectivity index (χ3v) is 4.59. The van der Waals surface area contributed by atoms with Gasteiger partial charge in [0.05, 0.1) is 26.2 Å². The summed E-state index contributed by atoms with van der Waals surface area (Å²) < 4.78 is 16.6. The number of likely N-dealkylation sites (N-methyl/N-ethyl adjacent to an activating group) is 1. The number of carbonyl (C=O) groups excluding carboxylic acids is 1. The molecule has 1 aliphatic heterocycles. The zero-order valence-electron chi connectivity index (χ0n) is 12.8. The lowest BCUT2D eigenvalue weighted by Gasteiger charge is -2.14. The third-order valence-electron chi connectivity index (χ3n) is 3.21. The van der Waals surface area contributed by atoms with Crippen molar-refractivity contribution in [3.05, 3.63) is 22.6 Å². The quantitative estimate of drug-likeness (QED) is 0.607. The van der Waals surface area contributed by atoms with E-state index < -0.39 is 0 Å². The number of hydrogen-bond acceptors (Lipinski definition) is 6. The molecule has 0 radical (unpaired) electrons. The fourth-order valence-electron chi connectivity index (χ4n) is 2.15. The number of methoxy groups -OCH3 is 3. The molecule has 1 aromatic carbocycles. The van der Waals surface area contributed by atoms with E-state index in [9.17, 15) is 4.79 Å². The van der Waals surface area contributed by atoms with Crippen molar-refractivity contribution in [3.63, 3.8) is 0 Å². The van der Waals surface area contributed by atoms with Gasteiger partial charge in [-0.15, -0.1) is 0 Å². The largest absolute Gasteiger partial charge is 0.493 e. The molecular formula is C15H17NO4S2. The maximum atomic E-state index is 12.3. The predicted octanol–water partition coefficient (Wildman–Crippen LogP) is 2.93. The van der Waals surface area contributed by atoms with Crippen molar-refractivity contribution in [1.82, 2.24) is 4.90 Å². The Kier molecular flexibility index (Phi) is 5.31. The van der Waals surface area contributed by atoms with E-state index in [1.807, 2.05) is 13.0 Å². The van der Waals surface area contributed by atoms with Crippen LogP contribution < -0.4 is 14.2 Å². The first-order valence-electron chi connectivity index (χ1n) is 6.61. The Morgan fingerprint density at radius 3 is 2.36 bits per heavy atom. The van der Waals surface area contributed by atoms with Gasteiger partial charge in [-0.25, -0.2) is 0 Å². The molecule has 0 spiro atoms. The lowest BCUT2D eigenvalue weighted by atomic mass is 10.1. The number of thioether (sulfide) groups is 1. The molecule has 1 amide bonds. The average molecular weight is 339 g/mol. The number of nitrogens with zero attached hydrogens (tertiary/aromatic N) is 1. The summed E-state index contributed by atoms with van der Waals surface area (Å²) in [6.07, 6.45) is 1.76. The van der Waals surface area contributed by atoms with Crippen LogP contribution in [0.25, 0.3) is 6.08 Å². The van der Waals surface area contributed by atoms with Crippen molar-refractivity contribution in [2.24, 2.45) is 0 Å². The van der Waals surface area contributed by atoms with Crippen molar-refractivity contribution in [3.8, 4) is 17.2 Å². The predicted molar refractivity (Wildman–Crippen MR) is 91.7 cm³/mol. The molecule has 1 saturated heterocycles. The Morgan fingerprint density at radius 2 is 1.86 bits per heavy atom. The first-order chi connectivity index (χ1) is 10.6. The summed E-state index contributed by atoms with van der Waals surface area (Å²) >= 11 is 6.50. The molecule has 1 fully saturated rings. The number of hydrogen-bond donors (Lipinski definition) is 0. The van der Waals surface area contributed by atoms with Gasteiger partial charge < -0.3 is 14.2 Å². The monoisotopic (exact) mass is 339 g/mol. The van der Waals surface area contributed by atoms with Crippen molar-refractivity contribution in [2.75, 3.05) is 27.9 Å². The van der Waals surface area contributed by atoms with E-state index in [1.165, 1.54) is 11.8 Å². The Balaban J connectivity index is 2.48. The minimum absolute atomic E-state index is 0.0886. The number of benzene rings is 1. The molecule has 0 aliphatic carbocycles. The van der Waals surface area contributed by atoms with Crippen molar-refractivity contribution >= 4 is 40.3 Å². The highest BCUT2D eigenvalue weighted by Crippen LogP contribution is 2.42. The minimum atomic E-state index is -0.0886. The first-order valence-corrected chi connectivity index (χ1v) is 7.84. The molecule has 22 heavy (non-hydrogen) atoms. The SMILES string of the molecule is CCN1C(=O)/C(=C/c2ccc(OC)c(OC)c2OC)SC1=S. The fraction of sp³-hybridized carbons (Fsp3) is 0.333. The topological polar surface area (TPSA) is 48.0 Å². The molecule has 0 atom stereocenters. The van der Waals surface area contributed by atoms with Crippen LogP contribution in [0.5, 0.6) is 17.2 Å². The average Bonchev–Trinajstić information content (AvgIpc) is 2.80. The van der Waals surface area contributed by atoms with Crippen LogP contribution in [0.2, 0.25) is 0 Å². The van der Waals surface area contributed by atoms with Crippen LogP contribution in [0.1, 0.15) is 12.5 Å². The maximum Gasteiger partial charge on any atom is 0.266 e. The smallest absolute Gasteiger partial charge is 0.266 e. The van der Waals surface area contributed by atoms with E-state index in [1.54, 1.807) is 38.4 Å². The van der Waals surface area contributed by atoms with E-state index in [2.05, 4.69) is 0 Å². The summed E-state index contributed by atoms with van der Waals surface area (Å²) in [6, 6.07) is 3.59. The second kappa shape index (κ2) is 7.02. The van der Waals surface area contributed by atoms with Gasteiger partial charge in [-0.05, 0) is 25.1 Å². The summed E-state index contributed by atoms with van der Waals surface area (Å²) in [7, 11) is 4.65. The van der Waals surface area contributed by atoms with Crippen LogP contribution in [-0.4, -0.2) is 43.0 Å². The second-order valence-corrected chi connectivity index (χ2v) is 6.03. The normalized spacial score (nSPS) is 16.4. The molecule has 118 valence electrons. The number of thiocarbonyl (C=S) groups is 1. The van der Waals surface area contributed by atoms with Crippen LogP contribution >= 0.6 is 24.0 Å². The number of rotatable bonds is 5. The molecule has 0 saturated carbocycles. The second-order valence-electron chi connectivity index (χ2n) is 4.35. The van der Waals surface area contributed by atoms with Crippen LogP contribution in [0.3, 0.4) is 0 Å². The lowest BCUT2D eigenvalue weighted by molar-refractivity contribution is -0.121. The Morgan fingerprint density at radius 1 is 1.18 bits per heavy atom. The Hall–Kier alpha value is -1.73. The van der Waals surface area contributed by atoms with E-state index in [0.29, 0.717) is 33.0 Å². The van der Waals surface area contributed by atoms with Gasteiger partial charge in [0.2, 0.25) is 5.75 Å². The Labute approximate surface area is 139 Å². The molecule has 0 bridgehead atoms. The van der Waals surface area contributed by atoms with E-state index in [-0.39, 0.29) is 5.91 Å². The molecule has 1 heterocycles. The fourth-order valence-corrected chi connectivity index (χ4v) is 3.53. The summed E-state index contributed by atoms with van der Waals surface area (Å²) in [5.74, 6) is 1.49. The number of amides is 1. The maximum absolute atomic E-state index is 12.3. The van der Waals surface area contributed by atoms with E-state index in [0.717, 1.165) is 5.56 Å². The highest BCUT2D eigenvalue weighted by molar-refractivity contribution is 8.26. The zero-order valence-corrected chi connectivity index (χ0v) is 14.5. The van der Waals surface area contributed by atoms with Crippen molar-refractivity contribution < 1.29 is 19.0 Å². The standard InChI is InChI=1S/C15H17NO4S2/c1-5-16-14(17)11(22-15(16)21)8-9-6-7-10(18-2)13(20-4)12(9)19-3/h6-8H,5H2,1-4H3/b11-8-. The first kappa shape index (κ1) is 16.6. The molecular weight excluding hydrogens is 322 g/mol. The van der Waals surface area contributed by atoms with Gasteiger partial charge in [-0.1, -0.05) is 24.0 Å². The Bertz CT molecular complexity index is 643. The van der Waals surface area contributed by atoms with Crippen LogP contribution in [-0.2, 0) is 4.79 Å². The summed E-state index contributed by atoms with van der Waals surface area (Å²) in [6.45, 7) is 2.45. The number of ether oxygens (including phenoxy) is 3. The van der Waals surface area contributed by atoms with Crippen LogP contribution in [0.15, 0.2) is 17.0 Å². The van der Waals surface area contributed by atoms with Gasteiger partial charge in [0.25, 0.3) is 5.91 Å². The van der Waals surface area contributed by atoms with E-state index in [4.69, 9.17) is 26.4 Å². The van der Waals surface area contributed by atoms with Gasteiger partial charge in [-0.2, -0.15) is 0 Å². The molecule has 0 N–H and O–H groups in total. The summed E-state index contributed by atoms with van der Waals surface area (Å²) in [5, 5.41) is 0. The van der Waals surface area contributed by atoms with Gasteiger partial charge in [-0.3, -0.25) is 9.69 Å². The summed E-state index contributed by atoms with van der Waals surface area (Å²) in [5.41, 5.74) is 0.733. The van der Waals surface area contributed by atoms with Gasteiger partial charge in [0, 0.05) is 12.1 Å². The highest BCUT2D eigenvalue weighted by Gasteiger charge is 2.31. The minimum Gasteiger partial charge on any atom is -0.493 e. The molecule has 7 heteroatoms.